The standard InChI is InChI=1S/C17H20N2O5/c20-14(18-17(7-3-8-17)10-16(22)23)6-9-19-12-4-1-2-5-13(12)24-11-15(19)21/h1-2,4-5H,3,6-11H2,(H,18,20)(H,22,23). The number of nitrogens with zero attached hydrogens (tertiary/aromatic N) is 1. The van der Waals surface area contributed by atoms with Crippen LogP contribution in [0.2, 0.25) is 0 Å². The maximum absolute atomic E-state index is 12.2. The number of aliphatic carboxylic acids is 1. The lowest BCUT2D eigenvalue weighted by molar-refractivity contribution is -0.140. The molecule has 3 rings (SSSR count). The monoisotopic (exact) mass is 332 g/mol. The molecular formula is C17H20N2O5. The van der Waals surface area contributed by atoms with Crippen LogP contribution in [0.1, 0.15) is 32.1 Å². The summed E-state index contributed by atoms with van der Waals surface area (Å²) in [5.41, 5.74) is 0.0426. The molecule has 0 atom stereocenters. The van der Waals surface area contributed by atoms with Gasteiger partial charge in [0.25, 0.3) is 5.91 Å². The van der Waals surface area contributed by atoms with Crippen molar-refractivity contribution in [2.45, 2.75) is 37.6 Å². The van der Waals surface area contributed by atoms with Crippen molar-refractivity contribution in [2.75, 3.05) is 18.1 Å². The van der Waals surface area contributed by atoms with E-state index < -0.39 is 11.5 Å². The zero-order valence-corrected chi connectivity index (χ0v) is 13.3. The third-order valence-electron chi connectivity index (χ3n) is 4.58. The van der Waals surface area contributed by atoms with Gasteiger partial charge >= 0.3 is 5.97 Å². The van der Waals surface area contributed by atoms with E-state index in [0.29, 0.717) is 24.3 Å². The molecule has 24 heavy (non-hydrogen) atoms. The van der Waals surface area contributed by atoms with E-state index in [0.717, 1.165) is 6.42 Å². The number of hydrogen-bond acceptors (Lipinski definition) is 4. The molecule has 0 saturated heterocycles. The van der Waals surface area contributed by atoms with E-state index in [9.17, 15) is 14.4 Å². The molecule has 1 aromatic carbocycles. The van der Waals surface area contributed by atoms with Crippen LogP contribution in [0.3, 0.4) is 0 Å². The third kappa shape index (κ3) is 3.34. The molecule has 7 heteroatoms. The number of rotatable bonds is 6. The molecule has 1 aliphatic carbocycles. The highest BCUT2D eigenvalue weighted by Gasteiger charge is 2.40. The predicted octanol–water partition coefficient (Wildman–Crippen LogP) is 1.32. The summed E-state index contributed by atoms with van der Waals surface area (Å²) in [5.74, 6) is -0.704. The largest absolute Gasteiger partial charge is 0.482 e. The first-order valence-electron chi connectivity index (χ1n) is 8.04. The minimum atomic E-state index is -0.910. The molecule has 1 aromatic rings. The minimum absolute atomic E-state index is 0.0401. The number of carbonyl (C=O) groups excluding carboxylic acids is 2. The maximum atomic E-state index is 12.2. The van der Waals surface area contributed by atoms with Crippen molar-refractivity contribution < 1.29 is 24.2 Å². The average Bonchev–Trinajstić information content (AvgIpc) is 2.51. The third-order valence-corrected chi connectivity index (χ3v) is 4.58. The number of anilines is 1. The number of carboxylic acid groups (broad SMARTS) is 1. The van der Waals surface area contributed by atoms with Gasteiger partial charge in [-0.2, -0.15) is 0 Å². The summed E-state index contributed by atoms with van der Waals surface area (Å²) in [5, 5.41) is 11.8. The summed E-state index contributed by atoms with van der Waals surface area (Å²) < 4.78 is 5.37. The lowest BCUT2D eigenvalue weighted by atomic mass is 9.74. The van der Waals surface area contributed by atoms with E-state index in [-0.39, 0.29) is 37.8 Å². The summed E-state index contributed by atoms with van der Waals surface area (Å²) in [4.78, 5) is 36.8. The lowest BCUT2D eigenvalue weighted by Crippen LogP contribution is -2.55. The summed E-state index contributed by atoms with van der Waals surface area (Å²) in [6, 6.07) is 7.20. The molecule has 1 heterocycles. The molecule has 0 unspecified atom stereocenters. The second kappa shape index (κ2) is 6.51. The van der Waals surface area contributed by atoms with Gasteiger partial charge in [0.05, 0.1) is 17.6 Å². The topological polar surface area (TPSA) is 95.9 Å². The summed E-state index contributed by atoms with van der Waals surface area (Å²) >= 11 is 0. The molecule has 2 amide bonds. The Labute approximate surface area is 139 Å². The summed E-state index contributed by atoms with van der Waals surface area (Å²) in [6.45, 7) is 0.204. The molecular weight excluding hydrogens is 312 g/mol. The number of hydrogen-bond donors (Lipinski definition) is 2. The Morgan fingerprint density at radius 1 is 1.29 bits per heavy atom. The van der Waals surface area contributed by atoms with Crippen molar-refractivity contribution in [3.63, 3.8) is 0 Å². The number of benzene rings is 1. The van der Waals surface area contributed by atoms with Crippen LogP contribution in [0.4, 0.5) is 5.69 Å². The first-order chi connectivity index (χ1) is 11.5. The highest BCUT2D eigenvalue weighted by molar-refractivity contribution is 5.98. The Morgan fingerprint density at radius 2 is 2.04 bits per heavy atom. The summed E-state index contributed by atoms with van der Waals surface area (Å²) in [6.07, 6.45) is 2.36. The van der Waals surface area contributed by atoms with Crippen molar-refractivity contribution >= 4 is 23.5 Å². The SMILES string of the molecule is O=C(O)CC1(NC(=O)CCN2C(=O)COc3ccccc32)CCC1. The lowest BCUT2D eigenvalue weighted by Gasteiger charge is -2.41. The van der Waals surface area contributed by atoms with Gasteiger partial charge in [0.2, 0.25) is 5.91 Å². The fourth-order valence-corrected chi connectivity index (χ4v) is 3.21. The van der Waals surface area contributed by atoms with Gasteiger partial charge in [-0.25, -0.2) is 0 Å². The molecule has 128 valence electrons. The number of fused-ring (bicyclic) bond motifs is 1. The Hall–Kier alpha value is -2.57. The molecule has 0 bridgehead atoms. The second-order valence-corrected chi connectivity index (χ2v) is 6.30. The van der Waals surface area contributed by atoms with Crippen molar-refractivity contribution in [3.8, 4) is 5.75 Å². The van der Waals surface area contributed by atoms with E-state index >= 15 is 0 Å². The molecule has 0 aromatic heterocycles. The molecule has 7 nitrogen and oxygen atoms in total. The van der Waals surface area contributed by atoms with Crippen molar-refractivity contribution in [3.05, 3.63) is 24.3 Å². The van der Waals surface area contributed by atoms with Crippen LogP contribution in [0.5, 0.6) is 5.75 Å². The van der Waals surface area contributed by atoms with Gasteiger partial charge in [0.15, 0.2) is 6.61 Å². The number of ether oxygens (including phenoxy) is 1. The fraction of sp³-hybridized carbons (Fsp3) is 0.471. The van der Waals surface area contributed by atoms with Gasteiger partial charge in [-0.15, -0.1) is 0 Å². The van der Waals surface area contributed by atoms with E-state index in [4.69, 9.17) is 9.84 Å². The Bertz CT molecular complexity index is 669. The predicted molar refractivity (Wildman–Crippen MR) is 85.9 cm³/mol. The first kappa shape index (κ1) is 16.3. The van der Waals surface area contributed by atoms with E-state index in [1.807, 2.05) is 12.1 Å². The molecule has 2 aliphatic rings. The van der Waals surface area contributed by atoms with Gasteiger partial charge in [0.1, 0.15) is 5.75 Å². The molecule has 2 N–H and O–H groups in total. The van der Waals surface area contributed by atoms with E-state index in [1.165, 1.54) is 0 Å². The Kier molecular flexibility index (Phi) is 4.42. The molecule has 1 fully saturated rings. The zero-order chi connectivity index (χ0) is 17.2. The van der Waals surface area contributed by atoms with Gasteiger partial charge < -0.3 is 20.1 Å². The Balaban J connectivity index is 1.60. The normalized spacial score (nSPS) is 18.2. The van der Waals surface area contributed by atoms with Crippen LogP contribution < -0.4 is 15.0 Å². The summed E-state index contributed by atoms with van der Waals surface area (Å²) in [7, 11) is 0. The van der Waals surface area contributed by atoms with Crippen LogP contribution in [0, 0.1) is 0 Å². The number of carboxylic acids is 1. The Morgan fingerprint density at radius 3 is 2.71 bits per heavy atom. The van der Waals surface area contributed by atoms with E-state index in [2.05, 4.69) is 5.32 Å². The fourth-order valence-electron chi connectivity index (χ4n) is 3.21. The van der Waals surface area contributed by atoms with Crippen molar-refractivity contribution in [1.29, 1.82) is 0 Å². The number of para-hydroxylation sites is 2. The number of carbonyl (C=O) groups is 3. The molecule has 1 aliphatic heterocycles. The molecule has 0 spiro atoms. The van der Waals surface area contributed by atoms with Crippen LogP contribution in [-0.2, 0) is 14.4 Å². The van der Waals surface area contributed by atoms with Crippen LogP contribution in [0.25, 0.3) is 0 Å². The highest BCUT2D eigenvalue weighted by atomic mass is 16.5. The van der Waals surface area contributed by atoms with Crippen molar-refractivity contribution in [1.82, 2.24) is 5.32 Å². The zero-order valence-electron chi connectivity index (χ0n) is 13.3. The van der Waals surface area contributed by atoms with Gasteiger partial charge in [-0.1, -0.05) is 12.1 Å². The number of nitrogens with one attached hydrogen (secondary N) is 1. The molecule has 0 radical (unpaired) electrons. The quantitative estimate of drug-likeness (QED) is 0.819. The first-order valence-corrected chi connectivity index (χ1v) is 8.04. The van der Waals surface area contributed by atoms with Gasteiger partial charge in [-0.3, -0.25) is 14.4 Å². The van der Waals surface area contributed by atoms with Gasteiger partial charge in [0, 0.05) is 13.0 Å². The maximum Gasteiger partial charge on any atom is 0.305 e. The second-order valence-electron chi connectivity index (χ2n) is 6.30. The highest BCUT2D eigenvalue weighted by Crippen LogP contribution is 2.35. The van der Waals surface area contributed by atoms with E-state index in [1.54, 1.807) is 17.0 Å². The van der Waals surface area contributed by atoms with Crippen LogP contribution in [-0.4, -0.2) is 41.6 Å². The smallest absolute Gasteiger partial charge is 0.305 e. The van der Waals surface area contributed by atoms with Crippen LogP contribution >= 0.6 is 0 Å². The van der Waals surface area contributed by atoms with Gasteiger partial charge in [-0.05, 0) is 31.4 Å². The number of amides is 2. The minimum Gasteiger partial charge on any atom is -0.482 e. The van der Waals surface area contributed by atoms with Crippen molar-refractivity contribution in [2.24, 2.45) is 0 Å². The average molecular weight is 332 g/mol. The van der Waals surface area contributed by atoms with Crippen LogP contribution in [0.15, 0.2) is 24.3 Å². The molecule has 1 saturated carbocycles.